The van der Waals surface area contributed by atoms with Gasteiger partial charge in [-0.05, 0) is 24.6 Å². The van der Waals surface area contributed by atoms with Gasteiger partial charge in [0.15, 0.2) is 0 Å². The van der Waals surface area contributed by atoms with Crippen molar-refractivity contribution in [3.05, 3.63) is 81.7 Å². The van der Waals surface area contributed by atoms with Gasteiger partial charge in [0.2, 0.25) is 0 Å². The van der Waals surface area contributed by atoms with Crippen LogP contribution in [-0.4, -0.2) is 9.44 Å². The molecule has 4 rings (SSSR count). The molecule has 3 atom stereocenters. The largest absolute Gasteiger partial charge is 0.417 e. The van der Waals surface area contributed by atoms with Crippen LogP contribution in [0.1, 0.15) is 16.7 Å². The van der Waals surface area contributed by atoms with E-state index < -0.39 is 27.7 Å². The van der Waals surface area contributed by atoms with Gasteiger partial charge in [-0.3, -0.25) is 4.79 Å². The second-order valence-electron chi connectivity index (χ2n) is 7.42. The average Bonchev–Trinajstić information content (AvgIpc) is 3.25. The fourth-order valence-corrected chi connectivity index (χ4v) is 4.47. The number of fused-ring (bicyclic) bond motifs is 1. The van der Waals surface area contributed by atoms with Crippen molar-refractivity contribution in [2.24, 2.45) is 11.8 Å². The predicted octanol–water partition coefficient (Wildman–Crippen LogP) is 5.06. The predicted molar refractivity (Wildman–Crippen MR) is 104 cm³/mol. The number of aryl methyl sites for hydroxylation is 1. The van der Waals surface area contributed by atoms with Crippen molar-refractivity contribution >= 4 is 11.6 Å². The average molecular weight is 417 g/mol. The van der Waals surface area contributed by atoms with E-state index in [4.69, 9.17) is 11.6 Å². The lowest BCUT2D eigenvalue weighted by atomic mass is 10.0. The molecule has 1 heterocycles. The van der Waals surface area contributed by atoms with E-state index in [1.165, 1.54) is 10.6 Å². The molecular formula is C22H16ClF3N2O. The summed E-state index contributed by atoms with van der Waals surface area (Å²) in [5, 5.41) is 9.29. The van der Waals surface area contributed by atoms with E-state index in [0.717, 1.165) is 11.6 Å². The molecule has 0 aliphatic heterocycles. The van der Waals surface area contributed by atoms with Crippen molar-refractivity contribution in [2.75, 3.05) is 0 Å². The Balaban J connectivity index is 1.92. The number of pyridine rings is 1. The van der Waals surface area contributed by atoms with Gasteiger partial charge in [-0.2, -0.15) is 18.4 Å². The smallest absolute Gasteiger partial charge is 0.307 e. The fourth-order valence-electron chi connectivity index (χ4n) is 4.03. The molecule has 1 fully saturated rings. The van der Waals surface area contributed by atoms with Crippen LogP contribution >= 0.6 is 11.6 Å². The van der Waals surface area contributed by atoms with Crippen LogP contribution in [0.25, 0.3) is 11.3 Å². The summed E-state index contributed by atoms with van der Waals surface area (Å²) < 4.78 is 41.9. The number of halogens is 4. The highest BCUT2D eigenvalue weighted by atomic mass is 35.5. The second-order valence-corrected chi connectivity index (χ2v) is 8.07. The topological polar surface area (TPSA) is 45.8 Å². The number of nitriles is 1. The van der Waals surface area contributed by atoms with Gasteiger partial charge >= 0.3 is 6.18 Å². The molecule has 0 amide bonds. The molecule has 0 bridgehead atoms. The number of allylic oxidation sites excluding steroid dienone is 4. The quantitative estimate of drug-likeness (QED) is 0.656. The van der Waals surface area contributed by atoms with Crippen LogP contribution in [0.4, 0.5) is 13.2 Å². The van der Waals surface area contributed by atoms with E-state index in [2.05, 4.69) is 0 Å². The highest BCUT2D eigenvalue weighted by Gasteiger charge is 2.61. The van der Waals surface area contributed by atoms with Gasteiger partial charge < -0.3 is 4.57 Å². The van der Waals surface area contributed by atoms with Crippen molar-refractivity contribution in [1.82, 2.24) is 4.57 Å². The van der Waals surface area contributed by atoms with Crippen molar-refractivity contribution in [3.8, 4) is 17.3 Å². The van der Waals surface area contributed by atoms with E-state index in [-0.39, 0.29) is 24.1 Å². The molecule has 0 saturated heterocycles. The van der Waals surface area contributed by atoms with E-state index in [1.807, 2.05) is 37.3 Å². The summed E-state index contributed by atoms with van der Waals surface area (Å²) in [5.74, 6) is -0.150. The lowest BCUT2D eigenvalue weighted by molar-refractivity contribution is -0.137. The number of rotatable bonds is 3. The number of nitrogens with zero attached hydrogens (tertiary/aromatic N) is 2. The molecule has 148 valence electrons. The van der Waals surface area contributed by atoms with Gasteiger partial charge in [0, 0.05) is 18.4 Å². The monoisotopic (exact) mass is 416 g/mol. The van der Waals surface area contributed by atoms with Crippen LogP contribution in [0, 0.1) is 30.1 Å². The maximum atomic E-state index is 13.6. The molecule has 7 heteroatoms. The zero-order chi connectivity index (χ0) is 21.0. The highest BCUT2D eigenvalue weighted by molar-refractivity contribution is 6.28. The van der Waals surface area contributed by atoms with Crippen molar-refractivity contribution in [2.45, 2.75) is 24.5 Å². The van der Waals surface area contributed by atoms with E-state index in [1.54, 1.807) is 18.2 Å². The molecular weight excluding hydrogens is 401 g/mol. The molecule has 3 nitrogen and oxygen atoms in total. The minimum Gasteiger partial charge on any atom is -0.307 e. The normalized spacial score (nSPS) is 24.8. The molecule has 1 saturated carbocycles. The molecule has 2 aromatic rings. The van der Waals surface area contributed by atoms with Crippen LogP contribution in [0.15, 0.2) is 59.4 Å². The lowest BCUT2D eigenvalue weighted by Crippen LogP contribution is -2.29. The summed E-state index contributed by atoms with van der Waals surface area (Å²) in [6.07, 6.45) is 2.65. The first-order valence-corrected chi connectivity index (χ1v) is 9.41. The van der Waals surface area contributed by atoms with Crippen molar-refractivity contribution < 1.29 is 13.2 Å². The Kier molecular flexibility index (Phi) is 4.47. The summed E-state index contributed by atoms with van der Waals surface area (Å²) in [4.78, 5) is 12.3. The second kappa shape index (κ2) is 6.64. The van der Waals surface area contributed by atoms with E-state index in [9.17, 15) is 23.2 Å². The highest BCUT2D eigenvalue weighted by Crippen LogP contribution is 2.59. The van der Waals surface area contributed by atoms with Gasteiger partial charge in [0.1, 0.15) is 11.6 Å². The molecule has 2 aliphatic carbocycles. The van der Waals surface area contributed by atoms with Crippen LogP contribution in [0.3, 0.4) is 0 Å². The minimum absolute atomic E-state index is 0.000690. The summed E-state index contributed by atoms with van der Waals surface area (Å²) in [6.45, 7) is 1.94. The van der Waals surface area contributed by atoms with Crippen LogP contribution in [-0.2, 0) is 12.7 Å². The molecule has 0 N–H and O–H groups in total. The van der Waals surface area contributed by atoms with Gasteiger partial charge in [-0.1, -0.05) is 48.1 Å². The van der Waals surface area contributed by atoms with E-state index in [0.29, 0.717) is 5.56 Å². The lowest BCUT2D eigenvalue weighted by Gasteiger charge is -2.18. The third-order valence-electron chi connectivity index (χ3n) is 5.60. The number of hydrogen-bond donors (Lipinski definition) is 0. The van der Waals surface area contributed by atoms with Crippen LogP contribution < -0.4 is 5.56 Å². The number of alkyl halides is 4. The Morgan fingerprint density at radius 3 is 2.62 bits per heavy atom. The van der Waals surface area contributed by atoms with Crippen LogP contribution in [0.5, 0.6) is 0 Å². The molecule has 3 unspecified atom stereocenters. The maximum Gasteiger partial charge on any atom is 0.417 e. The summed E-state index contributed by atoms with van der Waals surface area (Å²) in [6, 6.07) is 9.26. The van der Waals surface area contributed by atoms with Gasteiger partial charge in [0.25, 0.3) is 5.56 Å². The Bertz CT molecular complexity index is 1160. The number of hydrogen-bond acceptors (Lipinski definition) is 2. The SMILES string of the molecule is Cc1cccc(-c2cc(C(F)(F)F)c(C#N)c(=O)n2CC2C3C=CC=CC32Cl)c1. The molecule has 1 aromatic heterocycles. The van der Waals surface area contributed by atoms with Gasteiger partial charge in [-0.25, -0.2) is 0 Å². The summed E-state index contributed by atoms with van der Waals surface area (Å²) >= 11 is 6.62. The number of benzene rings is 1. The molecule has 0 spiro atoms. The molecule has 1 aromatic carbocycles. The third kappa shape index (κ3) is 3.20. The summed E-state index contributed by atoms with van der Waals surface area (Å²) in [5.41, 5.74) is -1.61. The van der Waals surface area contributed by atoms with Crippen LogP contribution in [0.2, 0.25) is 0 Å². The van der Waals surface area contributed by atoms with Crippen molar-refractivity contribution in [1.29, 1.82) is 5.26 Å². The Labute approximate surface area is 170 Å². The first-order valence-electron chi connectivity index (χ1n) is 9.04. The zero-order valence-electron chi connectivity index (χ0n) is 15.4. The summed E-state index contributed by atoms with van der Waals surface area (Å²) in [7, 11) is 0. The fraction of sp³-hybridized carbons (Fsp3) is 0.273. The molecule has 0 radical (unpaired) electrons. The Morgan fingerprint density at radius 2 is 2.03 bits per heavy atom. The molecule has 29 heavy (non-hydrogen) atoms. The molecule has 2 aliphatic rings. The maximum absolute atomic E-state index is 13.6. The Morgan fingerprint density at radius 1 is 1.28 bits per heavy atom. The van der Waals surface area contributed by atoms with Gasteiger partial charge in [0.05, 0.1) is 16.1 Å². The standard InChI is InChI=1S/C22H16ClF3N2O/c1-13-5-4-6-14(9-13)19-10-17(22(24,25)26)15(11-27)20(29)28(19)12-18-16-7-2-3-8-21(16,18)23/h2-10,16,18H,12H2,1H3. The minimum atomic E-state index is -4.81. The van der Waals surface area contributed by atoms with Gasteiger partial charge in [-0.15, -0.1) is 11.6 Å². The number of aromatic nitrogens is 1. The zero-order valence-corrected chi connectivity index (χ0v) is 16.1. The Hall–Kier alpha value is -2.78. The first kappa shape index (κ1) is 19.5. The van der Waals surface area contributed by atoms with Crippen molar-refractivity contribution in [3.63, 3.8) is 0 Å². The third-order valence-corrected chi connectivity index (χ3v) is 6.25. The first-order chi connectivity index (χ1) is 13.7. The van der Waals surface area contributed by atoms with E-state index >= 15 is 0 Å².